The van der Waals surface area contributed by atoms with Gasteiger partial charge in [0.1, 0.15) is 0 Å². The summed E-state index contributed by atoms with van der Waals surface area (Å²) in [7, 11) is 0. The largest absolute Gasteiger partial charge is 0.309 e. The Morgan fingerprint density at radius 3 is 2.67 bits per heavy atom. The van der Waals surface area contributed by atoms with Gasteiger partial charge in [0, 0.05) is 11.4 Å². The number of aromatic nitrogens is 1. The number of nitrogens with zero attached hydrogens (tertiary/aromatic N) is 1. The zero-order chi connectivity index (χ0) is 15.2. The van der Waals surface area contributed by atoms with Crippen LogP contribution in [0.3, 0.4) is 0 Å². The SMILES string of the molecule is CCCC(C)CC(NCC)c1cc(C)c2ccccc2n1. The third-order valence-electron chi connectivity index (χ3n) is 4.17. The predicted molar refractivity (Wildman–Crippen MR) is 91.6 cm³/mol. The summed E-state index contributed by atoms with van der Waals surface area (Å²) in [6, 6.07) is 11.0. The fourth-order valence-electron chi connectivity index (χ4n) is 3.12. The van der Waals surface area contributed by atoms with Crippen LogP contribution in [0.5, 0.6) is 0 Å². The highest BCUT2D eigenvalue weighted by atomic mass is 14.9. The summed E-state index contributed by atoms with van der Waals surface area (Å²) in [5.41, 5.74) is 3.62. The third kappa shape index (κ3) is 4.04. The highest BCUT2D eigenvalue weighted by Crippen LogP contribution is 2.26. The topological polar surface area (TPSA) is 24.9 Å². The van der Waals surface area contributed by atoms with Crippen LogP contribution in [0, 0.1) is 12.8 Å². The van der Waals surface area contributed by atoms with Crippen molar-refractivity contribution in [2.45, 2.75) is 53.0 Å². The molecule has 0 saturated heterocycles. The van der Waals surface area contributed by atoms with Gasteiger partial charge in [0.15, 0.2) is 0 Å². The number of hydrogen-bond acceptors (Lipinski definition) is 2. The molecule has 2 aromatic rings. The zero-order valence-corrected chi connectivity index (χ0v) is 13.8. The molecule has 0 bridgehead atoms. The highest BCUT2D eigenvalue weighted by molar-refractivity contribution is 5.82. The summed E-state index contributed by atoms with van der Waals surface area (Å²) >= 11 is 0. The molecule has 114 valence electrons. The number of fused-ring (bicyclic) bond motifs is 1. The van der Waals surface area contributed by atoms with Crippen molar-refractivity contribution in [2.75, 3.05) is 6.54 Å². The maximum absolute atomic E-state index is 4.91. The molecule has 0 aliphatic heterocycles. The van der Waals surface area contributed by atoms with Crippen LogP contribution in [0.15, 0.2) is 30.3 Å². The molecule has 21 heavy (non-hydrogen) atoms. The van der Waals surface area contributed by atoms with Crippen molar-refractivity contribution in [1.29, 1.82) is 0 Å². The first-order valence-corrected chi connectivity index (χ1v) is 8.25. The van der Waals surface area contributed by atoms with Crippen LogP contribution < -0.4 is 5.32 Å². The molecule has 2 atom stereocenters. The van der Waals surface area contributed by atoms with Gasteiger partial charge in [-0.15, -0.1) is 0 Å². The van der Waals surface area contributed by atoms with Crippen LogP contribution in [-0.2, 0) is 0 Å². The molecule has 2 heteroatoms. The van der Waals surface area contributed by atoms with Gasteiger partial charge in [-0.1, -0.05) is 51.8 Å². The van der Waals surface area contributed by atoms with E-state index in [9.17, 15) is 0 Å². The van der Waals surface area contributed by atoms with E-state index < -0.39 is 0 Å². The lowest BCUT2D eigenvalue weighted by atomic mass is 9.94. The summed E-state index contributed by atoms with van der Waals surface area (Å²) in [4.78, 5) is 4.91. The summed E-state index contributed by atoms with van der Waals surface area (Å²) in [6.07, 6.45) is 3.70. The van der Waals surface area contributed by atoms with Crippen molar-refractivity contribution in [3.05, 3.63) is 41.6 Å². The molecular weight excluding hydrogens is 256 g/mol. The maximum atomic E-state index is 4.91. The van der Waals surface area contributed by atoms with Gasteiger partial charge in [-0.25, -0.2) is 0 Å². The lowest BCUT2D eigenvalue weighted by molar-refractivity contribution is 0.390. The molecule has 0 aliphatic carbocycles. The number of rotatable bonds is 7. The van der Waals surface area contributed by atoms with Crippen LogP contribution in [0.2, 0.25) is 0 Å². The zero-order valence-electron chi connectivity index (χ0n) is 13.8. The maximum Gasteiger partial charge on any atom is 0.0708 e. The van der Waals surface area contributed by atoms with Crippen molar-refractivity contribution in [3.63, 3.8) is 0 Å². The quantitative estimate of drug-likeness (QED) is 0.772. The van der Waals surface area contributed by atoms with Crippen LogP contribution in [-0.4, -0.2) is 11.5 Å². The standard InChI is InChI=1S/C19H28N2/c1-5-9-14(3)12-18(20-6-2)19-13-15(4)16-10-7-8-11-17(16)21-19/h7-8,10-11,13-14,18,20H,5-6,9,12H2,1-4H3. The minimum atomic E-state index is 0.361. The van der Waals surface area contributed by atoms with Gasteiger partial charge in [0.25, 0.3) is 0 Å². The average Bonchev–Trinajstić information content (AvgIpc) is 2.47. The van der Waals surface area contributed by atoms with Gasteiger partial charge in [-0.3, -0.25) is 4.98 Å². The summed E-state index contributed by atoms with van der Waals surface area (Å²) in [6.45, 7) is 9.95. The van der Waals surface area contributed by atoms with Crippen molar-refractivity contribution in [3.8, 4) is 0 Å². The number of nitrogens with one attached hydrogen (secondary N) is 1. The Kier molecular flexibility index (Phi) is 5.75. The van der Waals surface area contributed by atoms with Gasteiger partial charge in [0.2, 0.25) is 0 Å². The average molecular weight is 284 g/mol. The molecule has 2 rings (SSSR count). The molecule has 1 aromatic heterocycles. The van der Waals surface area contributed by atoms with Crippen molar-refractivity contribution in [1.82, 2.24) is 10.3 Å². The molecule has 0 fully saturated rings. The first-order valence-electron chi connectivity index (χ1n) is 8.25. The smallest absolute Gasteiger partial charge is 0.0708 e. The molecule has 0 spiro atoms. The van der Waals surface area contributed by atoms with Crippen LogP contribution in [0.1, 0.15) is 57.3 Å². The molecule has 1 aromatic carbocycles. The highest BCUT2D eigenvalue weighted by Gasteiger charge is 2.16. The molecule has 2 unspecified atom stereocenters. The number of hydrogen-bond donors (Lipinski definition) is 1. The monoisotopic (exact) mass is 284 g/mol. The summed E-state index contributed by atoms with van der Waals surface area (Å²) in [5.74, 6) is 0.729. The first kappa shape index (κ1) is 16.0. The van der Waals surface area contributed by atoms with Crippen molar-refractivity contribution in [2.24, 2.45) is 5.92 Å². The van der Waals surface area contributed by atoms with E-state index in [1.165, 1.54) is 29.5 Å². The fourth-order valence-corrected chi connectivity index (χ4v) is 3.12. The predicted octanol–water partition coefficient (Wildman–Crippen LogP) is 5.02. The molecule has 1 N–H and O–H groups in total. The Morgan fingerprint density at radius 2 is 1.95 bits per heavy atom. The second-order valence-corrected chi connectivity index (χ2v) is 6.12. The molecule has 1 heterocycles. The fraction of sp³-hybridized carbons (Fsp3) is 0.526. The van der Waals surface area contributed by atoms with Gasteiger partial charge < -0.3 is 5.32 Å². The van der Waals surface area contributed by atoms with Gasteiger partial charge in [0.05, 0.1) is 11.2 Å². The van der Waals surface area contributed by atoms with E-state index in [1.54, 1.807) is 0 Å². The van der Waals surface area contributed by atoms with Gasteiger partial charge in [-0.2, -0.15) is 0 Å². The Balaban J connectivity index is 2.31. The third-order valence-corrected chi connectivity index (χ3v) is 4.17. The van der Waals surface area contributed by atoms with Crippen molar-refractivity contribution >= 4 is 10.9 Å². The van der Waals surface area contributed by atoms with E-state index >= 15 is 0 Å². The van der Waals surface area contributed by atoms with E-state index in [0.717, 1.165) is 24.4 Å². The van der Waals surface area contributed by atoms with Crippen molar-refractivity contribution < 1.29 is 0 Å². The van der Waals surface area contributed by atoms with Crippen LogP contribution in [0.25, 0.3) is 10.9 Å². The number of aryl methyl sites for hydroxylation is 1. The minimum absolute atomic E-state index is 0.361. The van der Waals surface area contributed by atoms with E-state index in [2.05, 4.69) is 63.3 Å². The summed E-state index contributed by atoms with van der Waals surface area (Å²) in [5, 5.41) is 4.88. The molecule has 0 aliphatic rings. The Hall–Kier alpha value is -1.41. The van der Waals surface area contributed by atoms with Crippen LogP contribution in [0.4, 0.5) is 0 Å². The van der Waals surface area contributed by atoms with Crippen LogP contribution >= 0.6 is 0 Å². The molecule has 0 radical (unpaired) electrons. The lowest BCUT2D eigenvalue weighted by Crippen LogP contribution is -2.24. The molecule has 2 nitrogen and oxygen atoms in total. The Bertz CT molecular complexity index is 577. The molecular formula is C19H28N2. The lowest BCUT2D eigenvalue weighted by Gasteiger charge is -2.22. The second kappa shape index (κ2) is 7.56. The molecule has 0 amide bonds. The van der Waals surface area contributed by atoms with E-state index in [4.69, 9.17) is 4.98 Å². The van der Waals surface area contributed by atoms with E-state index in [0.29, 0.717) is 6.04 Å². The van der Waals surface area contributed by atoms with Gasteiger partial charge >= 0.3 is 0 Å². The van der Waals surface area contributed by atoms with Gasteiger partial charge in [-0.05, 0) is 43.5 Å². The van der Waals surface area contributed by atoms with E-state index in [-0.39, 0.29) is 0 Å². The Morgan fingerprint density at radius 1 is 1.19 bits per heavy atom. The minimum Gasteiger partial charge on any atom is -0.309 e. The number of para-hydroxylation sites is 1. The number of pyridine rings is 1. The first-order chi connectivity index (χ1) is 10.2. The normalized spacial score (nSPS) is 14.3. The number of benzene rings is 1. The molecule has 0 saturated carbocycles. The summed E-state index contributed by atoms with van der Waals surface area (Å²) < 4.78 is 0. The Labute approximate surface area is 129 Å². The van der Waals surface area contributed by atoms with E-state index in [1.807, 2.05) is 0 Å². The second-order valence-electron chi connectivity index (χ2n) is 6.12.